The van der Waals surface area contributed by atoms with Crippen LogP contribution in [0.15, 0.2) is 0 Å². The first-order chi connectivity index (χ1) is 6.40. The summed E-state index contributed by atoms with van der Waals surface area (Å²) in [7, 11) is 1.46. The second-order valence-corrected chi connectivity index (χ2v) is 4.19. The van der Waals surface area contributed by atoms with E-state index in [4.69, 9.17) is 5.73 Å². The molecule has 0 aromatic heterocycles. The van der Waals surface area contributed by atoms with E-state index in [9.17, 15) is 13.2 Å². The smallest absolute Gasteiger partial charge is 0.329 e. The Hall–Kier alpha value is 0.0600. The summed E-state index contributed by atoms with van der Waals surface area (Å²) in [5, 5.41) is 0. The number of alkyl halides is 3. The average molecular weight is 230 g/mol. The van der Waals surface area contributed by atoms with Crippen LogP contribution in [-0.2, 0) is 0 Å². The van der Waals surface area contributed by atoms with Crippen molar-refractivity contribution in [2.24, 2.45) is 5.73 Å². The zero-order valence-electron chi connectivity index (χ0n) is 8.47. The van der Waals surface area contributed by atoms with Gasteiger partial charge in [-0.25, -0.2) is 0 Å². The van der Waals surface area contributed by atoms with Crippen LogP contribution in [0.25, 0.3) is 0 Å². The summed E-state index contributed by atoms with van der Waals surface area (Å²) >= 11 is 1.62. The summed E-state index contributed by atoms with van der Waals surface area (Å²) < 4.78 is 36.1. The summed E-state index contributed by atoms with van der Waals surface area (Å²) in [4.78, 5) is 1.27. The quantitative estimate of drug-likeness (QED) is 0.751. The van der Waals surface area contributed by atoms with Crippen LogP contribution in [0.5, 0.6) is 0 Å². The Morgan fingerprint density at radius 2 is 2.00 bits per heavy atom. The maximum Gasteiger partial charge on any atom is 0.401 e. The third kappa shape index (κ3) is 6.50. The van der Waals surface area contributed by atoms with Crippen LogP contribution < -0.4 is 5.73 Å². The van der Waals surface area contributed by atoms with E-state index in [-0.39, 0.29) is 12.6 Å². The predicted molar refractivity (Wildman–Crippen MR) is 54.5 cm³/mol. The van der Waals surface area contributed by atoms with E-state index in [1.165, 1.54) is 11.9 Å². The molecule has 0 fully saturated rings. The number of nitrogens with zero attached hydrogens (tertiary/aromatic N) is 1. The fraction of sp³-hybridized carbons (Fsp3) is 1.00. The van der Waals surface area contributed by atoms with Crippen LogP contribution in [0.4, 0.5) is 13.2 Å². The van der Waals surface area contributed by atoms with Gasteiger partial charge in [0.25, 0.3) is 0 Å². The van der Waals surface area contributed by atoms with Crippen LogP contribution in [0, 0.1) is 0 Å². The molecular weight excluding hydrogens is 213 g/mol. The van der Waals surface area contributed by atoms with E-state index in [0.717, 1.165) is 5.75 Å². The minimum Gasteiger partial charge on any atom is -0.329 e. The van der Waals surface area contributed by atoms with E-state index in [1.54, 1.807) is 11.8 Å². The van der Waals surface area contributed by atoms with Gasteiger partial charge in [0.2, 0.25) is 0 Å². The zero-order chi connectivity index (χ0) is 11.2. The largest absolute Gasteiger partial charge is 0.401 e. The summed E-state index contributed by atoms with van der Waals surface area (Å²) in [6.07, 6.45) is -1.51. The standard InChI is InChI=1S/C8H17F3N2S/c1-13(6-8(9,10)11)7(5-12)3-4-14-2/h7H,3-6,12H2,1-2H3. The Balaban J connectivity index is 3.97. The Kier molecular flexibility index (Phi) is 6.55. The van der Waals surface area contributed by atoms with E-state index in [2.05, 4.69) is 0 Å². The Bertz CT molecular complexity index is 152. The summed E-state index contributed by atoms with van der Waals surface area (Å²) in [6, 6.07) is -0.177. The molecule has 14 heavy (non-hydrogen) atoms. The minimum absolute atomic E-state index is 0.177. The fourth-order valence-corrected chi connectivity index (χ4v) is 1.69. The van der Waals surface area contributed by atoms with Crippen LogP contribution in [0.2, 0.25) is 0 Å². The molecule has 0 aliphatic rings. The van der Waals surface area contributed by atoms with Gasteiger partial charge in [0.05, 0.1) is 6.54 Å². The summed E-state index contributed by atoms with van der Waals surface area (Å²) in [5.74, 6) is 0.837. The fourth-order valence-electron chi connectivity index (χ4n) is 1.18. The molecule has 0 saturated carbocycles. The van der Waals surface area contributed by atoms with Gasteiger partial charge in [-0.3, -0.25) is 4.90 Å². The highest BCUT2D eigenvalue weighted by molar-refractivity contribution is 7.98. The molecule has 0 saturated heterocycles. The van der Waals surface area contributed by atoms with Gasteiger partial charge in [-0.1, -0.05) is 0 Å². The maximum atomic E-state index is 12.0. The molecule has 2 N–H and O–H groups in total. The van der Waals surface area contributed by atoms with E-state index >= 15 is 0 Å². The van der Waals surface area contributed by atoms with Crippen molar-refractivity contribution in [1.29, 1.82) is 0 Å². The Labute approximate surface area is 87.0 Å². The van der Waals surface area contributed by atoms with Crippen molar-refractivity contribution in [3.05, 3.63) is 0 Å². The Morgan fingerprint density at radius 1 is 1.43 bits per heavy atom. The molecule has 0 heterocycles. The molecule has 0 radical (unpaired) electrons. The maximum absolute atomic E-state index is 12.0. The van der Waals surface area contributed by atoms with Crippen molar-refractivity contribution in [3.63, 3.8) is 0 Å². The average Bonchev–Trinajstić information content (AvgIpc) is 2.02. The van der Waals surface area contributed by atoms with Gasteiger partial charge < -0.3 is 5.73 Å². The lowest BCUT2D eigenvalue weighted by molar-refractivity contribution is -0.147. The molecule has 2 nitrogen and oxygen atoms in total. The van der Waals surface area contributed by atoms with Crippen LogP contribution in [0.3, 0.4) is 0 Å². The topological polar surface area (TPSA) is 29.3 Å². The molecule has 1 atom stereocenters. The third-order valence-electron chi connectivity index (χ3n) is 1.98. The molecule has 86 valence electrons. The number of rotatable bonds is 6. The minimum atomic E-state index is -4.14. The first-order valence-electron chi connectivity index (χ1n) is 4.36. The van der Waals surface area contributed by atoms with E-state index in [1.807, 2.05) is 6.26 Å². The van der Waals surface area contributed by atoms with Crippen LogP contribution in [0.1, 0.15) is 6.42 Å². The molecule has 6 heteroatoms. The lowest BCUT2D eigenvalue weighted by Gasteiger charge is -2.27. The van der Waals surface area contributed by atoms with Gasteiger partial charge in [0, 0.05) is 12.6 Å². The highest BCUT2D eigenvalue weighted by atomic mass is 32.2. The molecular formula is C8H17F3N2S. The van der Waals surface area contributed by atoms with Crippen molar-refractivity contribution >= 4 is 11.8 Å². The van der Waals surface area contributed by atoms with Crippen LogP contribution >= 0.6 is 11.8 Å². The van der Waals surface area contributed by atoms with Gasteiger partial charge in [0.1, 0.15) is 0 Å². The third-order valence-corrected chi connectivity index (χ3v) is 2.62. The molecule has 0 aliphatic carbocycles. The predicted octanol–water partition coefficient (Wildman–Crippen LogP) is 1.56. The highest BCUT2D eigenvalue weighted by Gasteiger charge is 2.31. The number of hydrogen-bond acceptors (Lipinski definition) is 3. The number of nitrogens with two attached hydrogens (primary N) is 1. The van der Waals surface area contributed by atoms with Gasteiger partial charge in [-0.2, -0.15) is 24.9 Å². The van der Waals surface area contributed by atoms with Gasteiger partial charge in [-0.05, 0) is 25.5 Å². The second kappa shape index (κ2) is 6.53. The van der Waals surface area contributed by atoms with Gasteiger partial charge in [0.15, 0.2) is 0 Å². The Morgan fingerprint density at radius 3 is 2.36 bits per heavy atom. The van der Waals surface area contributed by atoms with Crippen molar-refractivity contribution in [2.45, 2.75) is 18.6 Å². The van der Waals surface area contributed by atoms with Crippen LogP contribution in [-0.4, -0.2) is 49.3 Å². The monoisotopic (exact) mass is 230 g/mol. The molecule has 1 unspecified atom stereocenters. The summed E-state index contributed by atoms with van der Waals surface area (Å²) in [6.45, 7) is -0.615. The molecule has 0 bridgehead atoms. The van der Waals surface area contributed by atoms with E-state index in [0.29, 0.717) is 6.42 Å². The second-order valence-electron chi connectivity index (χ2n) is 3.20. The molecule has 0 aromatic carbocycles. The molecule has 0 amide bonds. The van der Waals surface area contributed by atoms with Gasteiger partial charge >= 0.3 is 6.18 Å². The van der Waals surface area contributed by atoms with Crippen molar-refractivity contribution in [1.82, 2.24) is 4.90 Å². The molecule has 0 aromatic rings. The first kappa shape index (κ1) is 14.1. The number of likely N-dealkylation sites (N-methyl/N-ethyl adjacent to an activating group) is 1. The number of halogens is 3. The normalized spacial score (nSPS) is 14.8. The SMILES string of the molecule is CSCCC(CN)N(C)CC(F)(F)F. The van der Waals surface area contributed by atoms with Crippen molar-refractivity contribution in [2.75, 3.05) is 32.1 Å². The van der Waals surface area contributed by atoms with Crippen molar-refractivity contribution in [3.8, 4) is 0 Å². The van der Waals surface area contributed by atoms with Gasteiger partial charge in [-0.15, -0.1) is 0 Å². The lowest BCUT2D eigenvalue weighted by atomic mass is 10.2. The molecule has 0 aliphatic heterocycles. The number of hydrogen-bond donors (Lipinski definition) is 1. The van der Waals surface area contributed by atoms with Crippen molar-refractivity contribution < 1.29 is 13.2 Å². The lowest BCUT2D eigenvalue weighted by Crippen LogP contribution is -2.43. The summed E-state index contributed by atoms with van der Waals surface area (Å²) in [5.41, 5.74) is 5.42. The zero-order valence-corrected chi connectivity index (χ0v) is 9.29. The molecule has 0 spiro atoms. The number of thioether (sulfide) groups is 1. The highest BCUT2D eigenvalue weighted by Crippen LogP contribution is 2.17. The first-order valence-corrected chi connectivity index (χ1v) is 5.76. The van der Waals surface area contributed by atoms with E-state index < -0.39 is 12.7 Å². The molecule has 0 rings (SSSR count).